The van der Waals surface area contributed by atoms with Gasteiger partial charge in [-0.3, -0.25) is 24.6 Å². The van der Waals surface area contributed by atoms with E-state index >= 15 is 0 Å². The zero-order valence-corrected chi connectivity index (χ0v) is 18.5. The third kappa shape index (κ3) is 4.57. The predicted molar refractivity (Wildman–Crippen MR) is 118 cm³/mol. The van der Waals surface area contributed by atoms with Gasteiger partial charge < -0.3 is 9.88 Å². The molecular formula is C20H19Cl3N4O4. The van der Waals surface area contributed by atoms with Crippen molar-refractivity contribution >= 4 is 46.4 Å². The van der Waals surface area contributed by atoms with Gasteiger partial charge in [-0.05, 0) is 24.5 Å². The van der Waals surface area contributed by atoms with Crippen LogP contribution in [0.3, 0.4) is 0 Å². The van der Waals surface area contributed by atoms with E-state index in [9.17, 15) is 19.7 Å². The van der Waals surface area contributed by atoms with Crippen LogP contribution in [0.15, 0.2) is 47.3 Å². The molecule has 1 amide bonds. The summed E-state index contributed by atoms with van der Waals surface area (Å²) in [5.74, 6) is -0.353. The fourth-order valence-corrected chi connectivity index (χ4v) is 5.07. The van der Waals surface area contributed by atoms with Gasteiger partial charge in [0.1, 0.15) is 6.17 Å². The molecule has 1 aromatic carbocycles. The van der Waals surface area contributed by atoms with Gasteiger partial charge >= 0.3 is 0 Å². The molecule has 0 spiro atoms. The van der Waals surface area contributed by atoms with E-state index in [-0.39, 0.29) is 28.6 Å². The highest BCUT2D eigenvalue weighted by atomic mass is 35.6. The Hall–Kier alpha value is -2.13. The number of amides is 1. The number of nitrogens with one attached hydrogen (secondary N) is 1. The summed E-state index contributed by atoms with van der Waals surface area (Å²) in [6.07, 6.45) is -0.0396. The van der Waals surface area contributed by atoms with E-state index in [0.29, 0.717) is 19.6 Å². The van der Waals surface area contributed by atoms with Crippen LogP contribution in [-0.2, 0) is 6.54 Å². The summed E-state index contributed by atoms with van der Waals surface area (Å²) in [5.41, 5.74) is 0.800. The second-order valence-electron chi connectivity index (χ2n) is 7.88. The maximum atomic E-state index is 12.8. The van der Waals surface area contributed by atoms with Crippen molar-refractivity contribution in [3.8, 4) is 0 Å². The predicted octanol–water partition coefficient (Wildman–Crippen LogP) is 3.30. The van der Waals surface area contributed by atoms with Gasteiger partial charge in [0.25, 0.3) is 17.2 Å². The molecule has 2 aliphatic heterocycles. The number of nitrogens with zero attached hydrogens (tertiary/aromatic N) is 3. The van der Waals surface area contributed by atoms with Gasteiger partial charge in [-0.15, -0.1) is 0 Å². The second kappa shape index (κ2) is 8.43. The monoisotopic (exact) mass is 484 g/mol. The molecule has 1 N–H and O–H groups in total. The van der Waals surface area contributed by atoms with Gasteiger partial charge in [0, 0.05) is 55.0 Å². The van der Waals surface area contributed by atoms with Crippen LogP contribution in [0.5, 0.6) is 0 Å². The number of pyridine rings is 1. The molecule has 8 nitrogen and oxygen atoms in total. The molecule has 31 heavy (non-hydrogen) atoms. The first-order valence-corrected chi connectivity index (χ1v) is 10.8. The first-order valence-electron chi connectivity index (χ1n) is 9.69. The first kappa shape index (κ1) is 22.1. The number of non-ortho nitro benzene ring substituents is 1. The summed E-state index contributed by atoms with van der Waals surface area (Å²) < 4.78 is -0.0411. The molecule has 0 unspecified atom stereocenters. The number of carbonyl (C=O) groups is 1. The molecule has 0 saturated carbocycles. The first-order chi connectivity index (χ1) is 14.6. The summed E-state index contributed by atoms with van der Waals surface area (Å²) in [7, 11) is 0. The average molecular weight is 486 g/mol. The fourth-order valence-electron chi connectivity index (χ4n) is 4.49. The Morgan fingerprint density at radius 3 is 2.61 bits per heavy atom. The number of fused-ring (bicyclic) bond motifs is 4. The van der Waals surface area contributed by atoms with E-state index < -0.39 is 20.8 Å². The largest absolute Gasteiger partial charge is 0.332 e. The fraction of sp³-hybridized carbons (Fsp3) is 0.400. The topological polar surface area (TPSA) is 97.5 Å². The number of hydrogen-bond acceptors (Lipinski definition) is 5. The van der Waals surface area contributed by atoms with Gasteiger partial charge in [0.15, 0.2) is 0 Å². The van der Waals surface area contributed by atoms with E-state index in [1.807, 2.05) is 11.0 Å². The summed E-state index contributed by atoms with van der Waals surface area (Å²) in [5, 5.41) is 13.8. The molecule has 164 valence electrons. The standard InChI is InChI=1S/C20H19Cl3N4O4/c21-20(22,23)19(24-18(29)13-3-1-4-15(8-13)27(30)31)25-9-12-7-14(11-25)16-5-2-6-17(28)26(16)10-12/h1-6,8,12,14,19H,7,9-11H2,(H,24,29)/t12-,14+,19+/m0/s1. The van der Waals surface area contributed by atoms with E-state index in [4.69, 9.17) is 34.8 Å². The van der Waals surface area contributed by atoms with Crippen LogP contribution in [0.25, 0.3) is 0 Å². The highest BCUT2D eigenvalue weighted by Crippen LogP contribution is 2.40. The van der Waals surface area contributed by atoms with Crippen LogP contribution in [0.2, 0.25) is 0 Å². The molecule has 0 aliphatic carbocycles. The van der Waals surface area contributed by atoms with Crippen molar-refractivity contribution < 1.29 is 9.72 Å². The Morgan fingerprint density at radius 1 is 1.16 bits per heavy atom. The Bertz CT molecular complexity index is 1080. The highest BCUT2D eigenvalue weighted by Gasteiger charge is 2.44. The molecule has 2 aromatic rings. The molecule has 2 bridgehead atoms. The lowest BCUT2D eigenvalue weighted by Gasteiger charge is -2.47. The molecule has 3 heterocycles. The lowest BCUT2D eigenvalue weighted by Crippen LogP contribution is -2.60. The average Bonchev–Trinajstić information content (AvgIpc) is 2.71. The molecule has 11 heteroatoms. The Balaban J connectivity index is 1.58. The molecule has 4 rings (SSSR count). The third-order valence-corrected chi connectivity index (χ3v) is 6.39. The van der Waals surface area contributed by atoms with Gasteiger partial charge in [-0.2, -0.15) is 0 Å². The Labute approximate surface area is 192 Å². The zero-order valence-electron chi connectivity index (χ0n) is 16.2. The number of hydrogen-bond donors (Lipinski definition) is 1. The Kier molecular flexibility index (Phi) is 6.00. The van der Waals surface area contributed by atoms with E-state index in [2.05, 4.69) is 5.32 Å². The zero-order chi connectivity index (χ0) is 22.3. The van der Waals surface area contributed by atoms with Crippen LogP contribution in [-0.4, -0.2) is 43.3 Å². The SMILES string of the molecule is O=C(N[C@H](N1C[C@@H]2C[C@H](C1)c1cccc(=O)n1C2)C(Cl)(Cl)Cl)c1cccc([N+](=O)[O-])c1. The summed E-state index contributed by atoms with van der Waals surface area (Å²) in [6.45, 7) is 1.59. The number of piperidine rings is 1. The van der Waals surface area contributed by atoms with Gasteiger partial charge in [0.05, 0.1) is 4.92 Å². The third-order valence-electron chi connectivity index (χ3n) is 5.77. The van der Waals surface area contributed by atoms with Crippen molar-refractivity contribution in [2.45, 2.75) is 28.8 Å². The summed E-state index contributed by atoms with van der Waals surface area (Å²) >= 11 is 18.7. The van der Waals surface area contributed by atoms with Crippen LogP contribution >= 0.6 is 34.8 Å². The van der Waals surface area contributed by atoms with Crippen LogP contribution in [0.4, 0.5) is 5.69 Å². The van der Waals surface area contributed by atoms with Crippen LogP contribution in [0, 0.1) is 16.0 Å². The van der Waals surface area contributed by atoms with Crippen molar-refractivity contribution in [3.05, 3.63) is 74.2 Å². The van der Waals surface area contributed by atoms with Crippen molar-refractivity contribution in [1.29, 1.82) is 0 Å². The number of halogens is 3. The quantitative estimate of drug-likeness (QED) is 0.407. The van der Waals surface area contributed by atoms with E-state index in [1.165, 1.54) is 24.3 Å². The molecule has 1 fully saturated rings. The smallest absolute Gasteiger partial charge is 0.270 e. The maximum Gasteiger partial charge on any atom is 0.270 e. The number of alkyl halides is 3. The Morgan fingerprint density at radius 2 is 1.90 bits per heavy atom. The molecule has 1 saturated heterocycles. The minimum Gasteiger partial charge on any atom is -0.332 e. The van der Waals surface area contributed by atoms with E-state index in [1.54, 1.807) is 16.7 Å². The number of nitro groups is 1. The van der Waals surface area contributed by atoms with Gasteiger partial charge in [-0.25, -0.2) is 0 Å². The molecule has 3 atom stereocenters. The maximum absolute atomic E-state index is 12.8. The van der Waals surface area contributed by atoms with Crippen molar-refractivity contribution in [2.75, 3.05) is 13.1 Å². The number of benzene rings is 1. The molecular weight excluding hydrogens is 467 g/mol. The van der Waals surface area contributed by atoms with Crippen LogP contribution in [0.1, 0.15) is 28.4 Å². The normalized spacial score (nSPS) is 21.8. The van der Waals surface area contributed by atoms with Crippen molar-refractivity contribution in [3.63, 3.8) is 0 Å². The number of carbonyl (C=O) groups excluding carboxylic acids is 1. The van der Waals surface area contributed by atoms with Crippen LogP contribution < -0.4 is 10.9 Å². The number of likely N-dealkylation sites (tertiary alicyclic amines) is 1. The van der Waals surface area contributed by atoms with Crippen molar-refractivity contribution in [1.82, 2.24) is 14.8 Å². The lowest BCUT2D eigenvalue weighted by molar-refractivity contribution is -0.384. The van der Waals surface area contributed by atoms with Crippen molar-refractivity contribution in [2.24, 2.45) is 5.92 Å². The van der Waals surface area contributed by atoms with Gasteiger partial charge in [0.2, 0.25) is 3.79 Å². The summed E-state index contributed by atoms with van der Waals surface area (Å²) in [4.78, 5) is 37.4. The number of rotatable bonds is 4. The minimum atomic E-state index is -1.83. The molecule has 0 radical (unpaired) electrons. The molecule has 2 aliphatic rings. The minimum absolute atomic E-state index is 0.0300. The summed E-state index contributed by atoms with van der Waals surface area (Å²) in [6, 6.07) is 10.6. The lowest BCUT2D eigenvalue weighted by atomic mass is 9.83. The number of aromatic nitrogens is 1. The van der Waals surface area contributed by atoms with Gasteiger partial charge in [-0.1, -0.05) is 46.9 Å². The van der Waals surface area contributed by atoms with E-state index in [0.717, 1.165) is 12.1 Å². The number of nitro benzene ring substituents is 1. The molecule has 1 aromatic heterocycles. The highest BCUT2D eigenvalue weighted by molar-refractivity contribution is 6.68. The second-order valence-corrected chi connectivity index (χ2v) is 10.2.